The van der Waals surface area contributed by atoms with E-state index in [2.05, 4.69) is 10.4 Å². The van der Waals surface area contributed by atoms with Gasteiger partial charge in [-0.05, 0) is 6.54 Å². The summed E-state index contributed by atoms with van der Waals surface area (Å²) in [7, 11) is -2.91. The molecule has 0 bridgehead atoms. The van der Waals surface area contributed by atoms with Gasteiger partial charge in [0.15, 0.2) is 0 Å². The van der Waals surface area contributed by atoms with Crippen LogP contribution in [0.2, 0.25) is 0 Å². The third-order valence-electron chi connectivity index (χ3n) is 1.96. The fourth-order valence-electron chi connectivity index (χ4n) is 1.15. The minimum Gasteiger partial charge on any atom is -0.313 e. The molecule has 5 nitrogen and oxygen atoms in total. The molecule has 0 saturated heterocycles. The average Bonchev–Trinajstić information content (AvgIpc) is 2.58. The van der Waals surface area contributed by atoms with Gasteiger partial charge in [0.25, 0.3) is 0 Å². The SMILES string of the molecule is CCNCc1cnn(CCS(C)(=O)=O)c1. The van der Waals surface area contributed by atoms with Crippen molar-refractivity contribution in [3.05, 3.63) is 18.0 Å². The molecule has 86 valence electrons. The zero-order valence-electron chi connectivity index (χ0n) is 9.10. The molecule has 1 heterocycles. The van der Waals surface area contributed by atoms with Crippen LogP contribution >= 0.6 is 0 Å². The summed E-state index contributed by atoms with van der Waals surface area (Å²) < 4.78 is 23.5. The van der Waals surface area contributed by atoms with E-state index in [0.29, 0.717) is 6.54 Å². The van der Waals surface area contributed by atoms with E-state index in [-0.39, 0.29) is 5.75 Å². The van der Waals surface area contributed by atoms with Crippen LogP contribution in [0.5, 0.6) is 0 Å². The minimum absolute atomic E-state index is 0.134. The number of rotatable bonds is 6. The topological polar surface area (TPSA) is 64.0 Å². The van der Waals surface area contributed by atoms with Gasteiger partial charge in [0, 0.05) is 24.6 Å². The van der Waals surface area contributed by atoms with Gasteiger partial charge < -0.3 is 5.32 Å². The maximum absolute atomic E-state index is 10.9. The minimum atomic E-state index is -2.91. The Morgan fingerprint density at radius 3 is 2.87 bits per heavy atom. The fraction of sp³-hybridized carbons (Fsp3) is 0.667. The van der Waals surface area contributed by atoms with E-state index in [0.717, 1.165) is 18.7 Å². The highest BCUT2D eigenvalue weighted by atomic mass is 32.2. The van der Waals surface area contributed by atoms with Crippen molar-refractivity contribution >= 4 is 9.84 Å². The first-order valence-electron chi connectivity index (χ1n) is 4.91. The lowest BCUT2D eigenvalue weighted by molar-refractivity contribution is 0.586. The van der Waals surface area contributed by atoms with Crippen molar-refractivity contribution in [3.63, 3.8) is 0 Å². The van der Waals surface area contributed by atoms with E-state index < -0.39 is 9.84 Å². The summed E-state index contributed by atoms with van der Waals surface area (Å²) in [6, 6.07) is 0. The molecule has 1 rings (SSSR count). The van der Waals surface area contributed by atoms with E-state index in [1.54, 1.807) is 10.9 Å². The highest BCUT2D eigenvalue weighted by Crippen LogP contribution is 1.97. The average molecular weight is 231 g/mol. The maximum atomic E-state index is 10.9. The van der Waals surface area contributed by atoms with Crippen LogP contribution in [-0.4, -0.2) is 36.8 Å². The largest absolute Gasteiger partial charge is 0.313 e. The van der Waals surface area contributed by atoms with Crippen molar-refractivity contribution in [3.8, 4) is 0 Å². The molecule has 0 spiro atoms. The molecule has 0 fully saturated rings. The molecule has 1 N–H and O–H groups in total. The first-order chi connectivity index (χ1) is 7.01. The third-order valence-corrected chi connectivity index (χ3v) is 2.88. The van der Waals surface area contributed by atoms with Gasteiger partial charge in [0.05, 0.1) is 18.5 Å². The summed E-state index contributed by atoms with van der Waals surface area (Å²) in [6.07, 6.45) is 4.86. The normalized spacial score (nSPS) is 11.9. The van der Waals surface area contributed by atoms with Crippen molar-refractivity contribution in [1.82, 2.24) is 15.1 Å². The van der Waals surface area contributed by atoms with E-state index in [1.807, 2.05) is 13.1 Å². The highest BCUT2D eigenvalue weighted by Gasteiger charge is 2.03. The molecule has 0 atom stereocenters. The van der Waals surface area contributed by atoms with Crippen LogP contribution in [0.1, 0.15) is 12.5 Å². The van der Waals surface area contributed by atoms with Crippen LogP contribution in [-0.2, 0) is 22.9 Å². The number of hydrogen-bond acceptors (Lipinski definition) is 4. The van der Waals surface area contributed by atoms with Crippen molar-refractivity contribution in [1.29, 1.82) is 0 Å². The van der Waals surface area contributed by atoms with Crippen LogP contribution in [0.15, 0.2) is 12.4 Å². The smallest absolute Gasteiger partial charge is 0.149 e. The molecule has 0 amide bonds. The highest BCUT2D eigenvalue weighted by molar-refractivity contribution is 7.90. The predicted octanol–water partition coefficient (Wildman–Crippen LogP) is 0.0372. The van der Waals surface area contributed by atoms with Gasteiger partial charge in [-0.1, -0.05) is 6.92 Å². The zero-order valence-corrected chi connectivity index (χ0v) is 9.92. The summed E-state index contributed by atoms with van der Waals surface area (Å²) in [5.41, 5.74) is 1.07. The second kappa shape index (κ2) is 5.27. The Hall–Kier alpha value is -0.880. The van der Waals surface area contributed by atoms with Gasteiger partial charge in [0.1, 0.15) is 9.84 Å². The lowest BCUT2D eigenvalue weighted by Gasteiger charge is -1.99. The van der Waals surface area contributed by atoms with Crippen molar-refractivity contribution in [2.45, 2.75) is 20.0 Å². The van der Waals surface area contributed by atoms with Gasteiger partial charge in [-0.15, -0.1) is 0 Å². The van der Waals surface area contributed by atoms with Gasteiger partial charge in [-0.2, -0.15) is 5.10 Å². The summed E-state index contributed by atoms with van der Waals surface area (Å²) in [4.78, 5) is 0. The molecule has 0 saturated carbocycles. The van der Waals surface area contributed by atoms with Crippen LogP contribution in [0.4, 0.5) is 0 Å². The Kier molecular flexibility index (Phi) is 4.28. The molecular weight excluding hydrogens is 214 g/mol. The standard InChI is InChI=1S/C9H17N3O2S/c1-3-10-6-9-7-11-12(8-9)4-5-15(2,13)14/h7-8,10H,3-6H2,1-2H3. The Bertz CT molecular complexity index is 397. The van der Waals surface area contributed by atoms with Gasteiger partial charge in [-0.25, -0.2) is 8.42 Å². The van der Waals surface area contributed by atoms with E-state index in [1.165, 1.54) is 6.26 Å². The molecule has 0 aliphatic heterocycles. The lowest BCUT2D eigenvalue weighted by Crippen LogP contribution is -2.12. The molecule has 0 aliphatic carbocycles. The number of nitrogens with one attached hydrogen (secondary N) is 1. The Labute approximate surface area is 90.4 Å². The number of hydrogen-bond donors (Lipinski definition) is 1. The molecule has 0 radical (unpaired) electrons. The van der Waals surface area contributed by atoms with Crippen molar-refractivity contribution in [2.75, 3.05) is 18.6 Å². The first kappa shape index (κ1) is 12.2. The van der Waals surface area contributed by atoms with Crippen LogP contribution < -0.4 is 5.32 Å². The van der Waals surface area contributed by atoms with Crippen molar-refractivity contribution in [2.24, 2.45) is 0 Å². The molecule has 0 aromatic carbocycles. The second-order valence-electron chi connectivity index (χ2n) is 3.52. The maximum Gasteiger partial charge on any atom is 0.149 e. The number of aryl methyl sites for hydroxylation is 1. The fourth-order valence-corrected chi connectivity index (χ4v) is 1.67. The summed E-state index contributed by atoms with van der Waals surface area (Å²) in [5, 5.41) is 7.26. The summed E-state index contributed by atoms with van der Waals surface area (Å²) >= 11 is 0. The Balaban J connectivity index is 2.46. The lowest BCUT2D eigenvalue weighted by atomic mass is 10.3. The van der Waals surface area contributed by atoms with Gasteiger partial charge in [-0.3, -0.25) is 4.68 Å². The van der Waals surface area contributed by atoms with E-state index in [9.17, 15) is 8.42 Å². The van der Waals surface area contributed by atoms with Gasteiger partial charge >= 0.3 is 0 Å². The number of nitrogens with zero attached hydrogens (tertiary/aromatic N) is 2. The monoisotopic (exact) mass is 231 g/mol. The third kappa shape index (κ3) is 4.94. The molecule has 1 aromatic rings. The number of sulfone groups is 1. The summed E-state index contributed by atoms with van der Waals surface area (Å²) in [6.45, 7) is 4.14. The van der Waals surface area contributed by atoms with E-state index in [4.69, 9.17) is 0 Å². The first-order valence-corrected chi connectivity index (χ1v) is 6.97. The predicted molar refractivity (Wildman–Crippen MR) is 59.3 cm³/mol. The second-order valence-corrected chi connectivity index (χ2v) is 5.78. The molecule has 0 unspecified atom stereocenters. The summed E-state index contributed by atoms with van der Waals surface area (Å²) in [5.74, 6) is 0.134. The Morgan fingerprint density at radius 1 is 1.53 bits per heavy atom. The quantitative estimate of drug-likeness (QED) is 0.750. The molecule has 15 heavy (non-hydrogen) atoms. The molecule has 1 aromatic heterocycles. The number of aromatic nitrogens is 2. The zero-order chi connectivity index (χ0) is 11.3. The molecule has 0 aliphatic rings. The van der Waals surface area contributed by atoms with Crippen LogP contribution in [0.3, 0.4) is 0 Å². The molecular formula is C9H17N3O2S. The van der Waals surface area contributed by atoms with Crippen LogP contribution in [0.25, 0.3) is 0 Å². The van der Waals surface area contributed by atoms with Gasteiger partial charge in [0.2, 0.25) is 0 Å². The molecule has 6 heteroatoms. The van der Waals surface area contributed by atoms with Crippen LogP contribution in [0, 0.1) is 0 Å². The van der Waals surface area contributed by atoms with E-state index >= 15 is 0 Å². The Morgan fingerprint density at radius 2 is 2.27 bits per heavy atom. The van der Waals surface area contributed by atoms with Crippen molar-refractivity contribution < 1.29 is 8.42 Å².